The van der Waals surface area contributed by atoms with Gasteiger partial charge in [0.1, 0.15) is 36.3 Å². The monoisotopic (exact) mass is 986 g/mol. The number of carboxylic acid groups (broad SMARTS) is 1. The molecule has 0 unspecified atom stereocenters. The van der Waals surface area contributed by atoms with Crippen molar-refractivity contribution in [3.8, 4) is 0 Å². The van der Waals surface area contributed by atoms with Gasteiger partial charge < -0.3 is 76.3 Å². The van der Waals surface area contributed by atoms with Crippen molar-refractivity contribution in [2.75, 3.05) is 26.2 Å². The first-order valence-electron chi connectivity index (χ1n) is 23.5. The van der Waals surface area contributed by atoms with E-state index in [1.165, 1.54) is 4.90 Å². The van der Waals surface area contributed by atoms with Crippen LogP contribution in [0.4, 0.5) is 0 Å². The molecule has 25 heteroatoms. The Hall–Kier alpha value is -7.05. The summed E-state index contributed by atoms with van der Waals surface area (Å²) in [7, 11) is 0. The van der Waals surface area contributed by atoms with Crippen LogP contribution < -0.4 is 66.3 Å². The van der Waals surface area contributed by atoms with Gasteiger partial charge in [-0.25, -0.2) is 0 Å². The number of hydrogen-bond acceptors (Lipinski definition) is 12. The third-order valence-electron chi connectivity index (χ3n) is 11.5. The van der Waals surface area contributed by atoms with E-state index in [1.807, 2.05) is 13.8 Å². The van der Waals surface area contributed by atoms with Crippen LogP contribution in [0, 0.1) is 11.8 Å². The van der Waals surface area contributed by atoms with E-state index >= 15 is 0 Å². The molecule has 0 aromatic heterocycles. The molecule has 1 aromatic carbocycles. The SMILES string of the molecule is CC[C@H](C)[C@H](NC(=O)[C@@H]1CCCN1C(=O)[C@H](CCC(=O)O)NC(=O)CNC(=O)[C@H](CCCN=C(N)N)NC(=O)[C@@H](N)CC(C)C)C(=O)N[C@@H](CCCN=C(N)N)C(=O)N[C@@H](Cc1ccccc1)C(N)=O. The Kier molecular flexibility index (Phi) is 25.7. The van der Waals surface area contributed by atoms with Gasteiger partial charge in [0.2, 0.25) is 47.3 Å². The van der Waals surface area contributed by atoms with Crippen LogP contribution in [-0.2, 0) is 49.6 Å². The molecule has 0 bridgehead atoms. The van der Waals surface area contributed by atoms with Gasteiger partial charge in [0.05, 0.1) is 12.6 Å². The fourth-order valence-corrected chi connectivity index (χ4v) is 7.56. The molecule has 19 N–H and O–H groups in total. The average Bonchev–Trinajstić information content (AvgIpc) is 3.80. The molecule has 0 radical (unpaired) electrons. The van der Waals surface area contributed by atoms with E-state index in [9.17, 15) is 48.3 Å². The van der Waals surface area contributed by atoms with Crippen LogP contribution in [0.5, 0.6) is 0 Å². The first-order chi connectivity index (χ1) is 33.0. The number of guanidine groups is 2. The number of primary amides is 1. The quantitative estimate of drug-likeness (QED) is 0.0196. The van der Waals surface area contributed by atoms with Crippen molar-refractivity contribution in [3.05, 3.63) is 35.9 Å². The number of rotatable bonds is 31. The van der Waals surface area contributed by atoms with Crippen LogP contribution in [0.2, 0.25) is 0 Å². The first-order valence-corrected chi connectivity index (χ1v) is 23.5. The van der Waals surface area contributed by atoms with Gasteiger partial charge in [0, 0.05) is 32.5 Å². The summed E-state index contributed by atoms with van der Waals surface area (Å²) >= 11 is 0. The number of amides is 8. The number of likely N-dealkylation sites (tertiary alicyclic amines) is 1. The third kappa shape index (κ3) is 21.5. The van der Waals surface area contributed by atoms with E-state index in [0.717, 1.165) is 5.56 Å². The van der Waals surface area contributed by atoms with Crippen molar-refractivity contribution in [1.29, 1.82) is 0 Å². The Morgan fingerprint density at radius 1 is 0.729 bits per heavy atom. The number of nitrogens with two attached hydrogens (primary N) is 6. The topological polar surface area (TPSA) is 430 Å². The number of nitrogens with one attached hydrogen (secondary N) is 6. The minimum Gasteiger partial charge on any atom is -0.481 e. The number of nitrogens with zero attached hydrogens (tertiary/aromatic N) is 3. The predicted molar refractivity (Wildman–Crippen MR) is 260 cm³/mol. The lowest BCUT2D eigenvalue weighted by molar-refractivity contribution is -0.143. The Bertz CT molecular complexity index is 2000. The zero-order valence-electron chi connectivity index (χ0n) is 40.6. The Morgan fingerprint density at radius 3 is 1.84 bits per heavy atom. The molecule has 1 aliphatic rings. The summed E-state index contributed by atoms with van der Waals surface area (Å²) in [6.07, 6.45) is 1.01. The summed E-state index contributed by atoms with van der Waals surface area (Å²) < 4.78 is 0. The van der Waals surface area contributed by atoms with Gasteiger partial charge in [0.25, 0.3) is 0 Å². The van der Waals surface area contributed by atoms with Crippen molar-refractivity contribution in [2.24, 2.45) is 56.2 Å². The highest BCUT2D eigenvalue weighted by atomic mass is 16.4. The van der Waals surface area contributed by atoms with E-state index in [-0.39, 0.29) is 82.4 Å². The van der Waals surface area contributed by atoms with Crippen molar-refractivity contribution >= 4 is 65.1 Å². The summed E-state index contributed by atoms with van der Waals surface area (Å²) in [5, 5.41) is 25.1. The number of carboxylic acids is 1. The van der Waals surface area contributed by atoms with E-state index < -0.39 is 114 Å². The zero-order valence-corrected chi connectivity index (χ0v) is 40.6. The molecule has 70 heavy (non-hydrogen) atoms. The molecular formula is C45H75N15O10. The van der Waals surface area contributed by atoms with Crippen LogP contribution in [0.25, 0.3) is 0 Å². The van der Waals surface area contributed by atoms with Crippen molar-refractivity contribution in [1.82, 2.24) is 36.8 Å². The molecule has 1 saturated heterocycles. The van der Waals surface area contributed by atoms with Crippen LogP contribution in [0.3, 0.4) is 0 Å². The standard InChI is InChI=1S/C45H75N15O10/c1-5-26(4)36(42(69)57-30(15-10-20-53-45(50)51)40(67)58-32(37(47)64)23-27-12-7-6-8-13-27)59-41(68)33-16-11-21-60(33)43(70)31(17-18-35(62)63)55-34(61)24-54-39(66)29(14-9-19-52-44(48)49)56-38(65)28(46)22-25(2)3/h6-8,12-13,25-26,28-33,36H,5,9-11,14-24,46H2,1-4H3,(H2,47,64)(H,54,66)(H,55,61)(H,56,65)(H,57,69)(H,58,67)(H,59,68)(H,62,63)(H4,48,49,52)(H4,50,51,53)/t26-,28-,29-,30-,31-,32-,33-,36-/m0/s1. The normalized spacial score (nSPS) is 16.1. The maximum atomic E-state index is 14.1. The van der Waals surface area contributed by atoms with Gasteiger partial charge in [-0.2, -0.15) is 0 Å². The molecule has 0 spiro atoms. The highest BCUT2D eigenvalue weighted by molar-refractivity contribution is 5.97. The van der Waals surface area contributed by atoms with E-state index in [2.05, 4.69) is 41.9 Å². The summed E-state index contributed by atoms with van der Waals surface area (Å²) in [5.74, 6) is -7.97. The number of carbonyl (C=O) groups is 9. The number of benzene rings is 1. The molecule has 1 fully saturated rings. The molecule has 8 amide bonds. The predicted octanol–water partition coefficient (Wildman–Crippen LogP) is -3.36. The largest absolute Gasteiger partial charge is 0.481 e. The van der Waals surface area contributed by atoms with Crippen molar-refractivity contribution < 1.29 is 48.3 Å². The van der Waals surface area contributed by atoms with Gasteiger partial charge in [-0.05, 0) is 68.8 Å². The maximum absolute atomic E-state index is 14.1. The van der Waals surface area contributed by atoms with Crippen LogP contribution in [0.15, 0.2) is 40.3 Å². The van der Waals surface area contributed by atoms with Gasteiger partial charge in [0.15, 0.2) is 11.9 Å². The van der Waals surface area contributed by atoms with Gasteiger partial charge in [-0.15, -0.1) is 0 Å². The van der Waals surface area contributed by atoms with Crippen LogP contribution in [-0.4, -0.2) is 144 Å². The summed E-state index contributed by atoms with van der Waals surface area (Å²) in [6, 6.07) is 0.619. The Morgan fingerprint density at radius 2 is 1.30 bits per heavy atom. The van der Waals surface area contributed by atoms with Gasteiger partial charge in [-0.1, -0.05) is 64.4 Å². The lowest BCUT2D eigenvalue weighted by atomic mass is 9.96. The molecule has 1 aromatic rings. The second kappa shape index (κ2) is 30.4. The van der Waals surface area contributed by atoms with Gasteiger partial charge in [-0.3, -0.25) is 53.1 Å². The Labute approximate surface area is 408 Å². The molecule has 2 rings (SSSR count). The van der Waals surface area contributed by atoms with Crippen LogP contribution >= 0.6 is 0 Å². The fourth-order valence-electron chi connectivity index (χ4n) is 7.56. The van der Waals surface area contributed by atoms with Crippen LogP contribution in [0.1, 0.15) is 97.5 Å². The van der Waals surface area contributed by atoms with Gasteiger partial charge >= 0.3 is 5.97 Å². The second-order valence-corrected chi connectivity index (χ2v) is 17.7. The highest BCUT2D eigenvalue weighted by Crippen LogP contribution is 2.21. The molecule has 25 nitrogen and oxygen atoms in total. The second-order valence-electron chi connectivity index (χ2n) is 17.7. The molecular weight excluding hydrogens is 911 g/mol. The number of aliphatic imine (C=N–C) groups is 2. The van der Waals surface area contributed by atoms with E-state index in [1.54, 1.807) is 44.2 Å². The first kappa shape index (κ1) is 59.1. The average molecular weight is 986 g/mol. The highest BCUT2D eigenvalue weighted by Gasteiger charge is 2.40. The summed E-state index contributed by atoms with van der Waals surface area (Å²) in [5.41, 5.74) is 34.1. The van der Waals surface area contributed by atoms with E-state index in [4.69, 9.17) is 34.4 Å². The molecule has 1 heterocycles. The minimum atomic E-state index is -1.45. The smallest absolute Gasteiger partial charge is 0.303 e. The lowest BCUT2D eigenvalue weighted by Gasteiger charge is -2.31. The third-order valence-corrected chi connectivity index (χ3v) is 11.5. The van der Waals surface area contributed by atoms with E-state index in [0.29, 0.717) is 19.3 Å². The maximum Gasteiger partial charge on any atom is 0.303 e. The summed E-state index contributed by atoms with van der Waals surface area (Å²) in [6.45, 7) is 6.89. The zero-order chi connectivity index (χ0) is 52.5. The molecule has 1 aliphatic heterocycles. The van der Waals surface area contributed by atoms with Crippen molar-refractivity contribution in [3.63, 3.8) is 0 Å². The summed E-state index contributed by atoms with van der Waals surface area (Å²) in [4.78, 5) is 129. The molecule has 390 valence electrons. The number of aliphatic carboxylic acids is 1. The molecule has 0 aliphatic carbocycles. The Balaban J connectivity index is 2.27. The minimum absolute atomic E-state index is 0.0232. The molecule has 0 saturated carbocycles. The number of hydrogen-bond donors (Lipinski definition) is 13. The number of carbonyl (C=O) groups excluding carboxylic acids is 8. The van der Waals surface area contributed by atoms with Crippen molar-refractivity contribution in [2.45, 2.75) is 141 Å². The lowest BCUT2D eigenvalue weighted by Crippen LogP contribution is -2.60. The molecule has 8 atom stereocenters. The fraction of sp³-hybridized carbons (Fsp3) is 0.622.